The van der Waals surface area contributed by atoms with Gasteiger partial charge in [-0.2, -0.15) is 0 Å². The highest BCUT2D eigenvalue weighted by atomic mass is 16.3. The molecule has 0 unspecified atom stereocenters. The quantitative estimate of drug-likeness (QED) is 0.303. The van der Waals surface area contributed by atoms with E-state index in [0.29, 0.717) is 5.92 Å². The van der Waals surface area contributed by atoms with Crippen LogP contribution in [0.5, 0.6) is 0 Å². The molecule has 1 aromatic heterocycles. The van der Waals surface area contributed by atoms with Gasteiger partial charge in [-0.1, -0.05) is 98.8 Å². The molecule has 0 saturated carbocycles. The second kappa shape index (κ2) is 7.83. The SMILES string of the molecule is CC(C)c1cccc2c1oc1c(Nc3ccc(-c4ccccc4)cc3)cc3ccccc3c12. The van der Waals surface area contributed by atoms with Gasteiger partial charge in [-0.25, -0.2) is 0 Å². The Morgan fingerprint density at radius 3 is 2.12 bits per heavy atom. The van der Waals surface area contributed by atoms with Crippen LogP contribution in [0.15, 0.2) is 108 Å². The predicted octanol–water partition coefficient (Wildman–Crippen LogP) is 9.27. The van der Waals surface area contributed by atoms with E-state index in [2.05, 4.69) is 116 Å². The van der Waals surface area contributed by atoms with Crippen LogP contribution in [0.3, 0.4) is 0 Å². The molecule has 6 aromatic rings. The van der Waals surface area contributed by atoms with E-state index in [1.165, 1.54) is 38.2 Å². The Balaban J connectivity index is 1.52. The topological polar surface area (TPSA) is 25.2 Å². The number of fused-ring (bicyclic) bond motifs is 5. The number of para-hydroxylation sites is 1. The maximum absolute atomic E-state index is 6.59. The second-order valence-corrected chi connectivity index (χ2v) is 8.90. The molecule has 0 saturated heterocycles. The van der Waals surface area contributed by atoms with Crippen LogP contribution in [0.1, 0.15) is 25.3 Å². The molecular weight excluding hydrogens is 402 g/mol. The standard InChI is InChI=1S/C31H25NO/c1-20(2)25-13-8-14-27-29-26-12-7-6-11-23(26)19-28(31(29)33-30(25)27)32-24-17-15-22(16-18-24)21-9-4-3-5-10-21/h3-20,32H,1-2H3. The van der Waals surface area contributed by atoms with E-state index in [-0.39, 0.29) is 0 Å². The number of furan rings is 1. The molecule has 0 bridgehead atoms. The Morgan fingerprint density at radius 1 is 0.636 bits per heavy atom. The van der Waals surface area contributed by atoms with Crippen molar-refractivity contribution in [3.05, 3.63) is 109 Å². The largest absolute Gasteiger partial charge is 0.454 e. The maximum atomic E-state index is 6.59. The zero-order valence-corrected chi connectivity index (χ0v) is 18.8. The minimum absolute atomic E-state index is 0.391. The van der Waals surface area contributed by atoms with Gasteiger partial charge in [-0.3, -0.25) is 0 Å². The van der Waals surface area contributed by atoms with Gasteiger partial charge >= 0.3 is 0 Å². The van der Waals surface area contributed by atoms with Crippen molar-refractivity contribution in [2.24, 2.45) is 0 Å². The molecular formula is C31H25NO. The van der Waals surface area contributed by atoms with Crippen LogP contribution in [0.2, 0.25) is 0 Å². The number of nitrogens with one attached hydrogen (secondary N) is 1. The molecule has 0 aliphatic carbocycles. The van der Waals surface area contributed by atoms with Crippen molar-refractivity contribution in [1.82, 2.24) is 0 Å². The van der Waals surface area contributed by atoms with Crippen molar-refractivity contribution in [3.8, 4) is 11.1 Å². The van der Waals surface area contributed by atoms with Crippen LogP contribution in [-0.4, -0.2) is 0 Å². The van der Waals surface area contributed by atoms with Crippen LogP contribution in [0, 0.1) is 0 Å². The Labute approximate surface area is 193 Å². The van der Waals surface area contributed by atoms with Crippen LogP contribution < -0.4 is 5.32 Å². The number of hydrogen-bond donors (Lipinski definition) is 1. The molecule has 1 N–H and O–H groups in total. The Bertz CT molecular complexity index is 1590. The molecule has 2 heteroatoms. The molecule has 0 aliphatic rings. The highest BCUT2D eigenvalue weighted by Gasteiger charge is 2.18. The van der Waals surface area contributed by atoms with Gasteiger partial charge in [0, 0.05) is 16.5 Å². The zero-order valence-electron chi connectivity index (χ0n) is 18.8. The van der Waals surface area contributed by atoms with Gasteiger partial charge < -0.3 is 9.73 Å². The van der Waals surface area contributed by atoms with Crippen molar-refractivity contribution in [3.63, 3.8) is 0 Å². The zero-order chi connectivity index (χ0) is 22.4. The first-order chi connectivity index (χ1) is 16.2. The summed E-state index contributed by atoms with van der Waals surface area (Å²) in [5.41, 5.74) is 7.58. The number of hydrogen-bond acceptors (Lipinski definition) is 2. The summed E-state index contributed by atoms with van der Waals surface area (Å²) in [6.07, 6.45) is 0. The molecule has 0 atom stereocenters. The van der Waals surface area contributed by atoms with E-state index in [1.807, 2.05) is 6.07 Å². The van der Waals surface area contributed by atoms with Gasteiger partial charge in [0.15, 0.2) is 5.58 Å². The van der Waals surface area contributed by atoms with Gasteiger partial charge in [0.05, 0.1) is 5.69 Å². The fourth-order valence-corrected chi connectivity index (χ4v) is 4.75. The van der Waals surface area contributed by atoms with E-state index in [9.17, 15) is 0 Å². The molecule has 0 fully saturated rings. The summed E-state index contributed by atoms with van der Waals surface area (Å²) >= 11 is 0. The summed E-state index contributed by atoms with van der Waals surface area (Å²) in [7, 11) is 0. The molecule has 6 rings (SSSR count). The first-order valence-electron chi connectivity index (χ1n) is 11.5. The normalized spacial score (nSPS) is 11.6. The average Bonchev–Trinajstić information content (AvgIpc) is 3.25. The summed E-state index contributed by atoms with van der Waals surface area (Å²) in [4.78, 5) is 0. The lowest BCUT2D eigenvalue weighted by molar-refractivity contribution is 0.658. The molecule has 160 valence electrons. The van der Waals surface area contributed by atoms with Crippen molar-refractivity contribution in [2.45, 2.75) is 19.8 Å². The van der Waals surface area contributed by atoms with Gasteiger partial charge in [0.2, 0.25) is 0 Å². The summed E-state index contributed by atoms with van der Waals surface area (Å²) in [5, 5.41) is 8.40. The fraction of sp³-hybridized carbons (Fsp3) is 0.0968. The minimum Gasteiger partial charge on any atom is -0.454 e. The minimum atomic E-state index is 0.391. The number of anilines is 2. The Morgan fingerprint density at radius 2 is 1.33 bits per heavy atom. The van der Waals surface area contributed by atoms with Crippen LogP contribution in [-0.2, 0) is 0 Å². The monoisotopic (exact) mass is 427 g/mol. The van der Waals surface area contributed by atoms with Crippen molar-refractivity contribution in [1.29, 1.82) is 0 Å². The molecule has 0 aliphatic heterocycles. The maximum Gasteiger partial charge on any atom is 0.159 e. The average molecular weight is 428 g/mol. The molecule has 0 spiro atoms. The van der Waals surface area contributed by atoms with Crippen molar-refractivity contribution in [2.75, 3.05) is 5.32 Å². The fourth-order valence-electron chi connectivity index (χ4n) is 4.75. The molecule has 5 aromatic carbocycles. The predicted molar refractivity (Wildman–Crippen MR) is 140 cm³/mol. The smallest absolute Gasteiger partial charge is 0.159 e. The highest BCUT2D eigenvalue weighted by molar-refractivity contribution is 6.22. The van der Waals surface area contributed by atoms with Crippen molar-refractivity contribution >= 4 is 44.1 Å². The van der Waals surface area contributed by atoms with Crippen molar-refractivity contribution < 1.29 is 4.42 Å². The highest BCUT2D eigenvalue weighted by Crippen LogP contribution is 2.42. The van der Waals surface area contributed by atoms with E-state index in [4.69, 9.17) is 4.42 Å². The first-order valence-corrected chi connectivity index (χ1v) is 11.5. The lowest BCUT2D eigenvalue weighted by Gasteiger charge is -2.10. The van der Waals surface area contributed by atoms with Crippen LogP contribution >= 0.6 is 0 Å². The van der Waals surface area contributed by atoms with Gasteiger partial charge in [0.25, 0.3) is 0 Å². The molecule has 0 radical (unpaired) electrons. The lowest BCUT2D eigenvalue weighted by atomic mass is 9.98. The number of rotatable bonds is 4. The third kappa shape index (κ3) is 3.35. The summed E-state index contributed by atoms with van der Waals surface area (Å²) in [5.74, 6) is 0.391. The molecule has 1 heterocycles. The van der Waals surface area contributed by atoms with E-state index in [0.717, 1.165) is 22.5 Å². The van der Waals surface area contributed by atoms with Crippen LogP contribution in [0.4, 0.5) is 11.4 Å². The van der Waals surface area contributed by atoms with E-state index < -0.39 is 0 Å². The Kier molecular flexibility index (Phi) is 4.66. The molecule has 0 amide bonds. The van der Waals surface area contributed by atoms with Gasteiger partial charge in [0.1, 0.15) is 5.58 Å². The second-order valence-electron chi connectivity index (χ2n) is 8.90. The van der Waals surface area contributed by atoms with E-state index in [1.54, 1.807) is 0 Å². The van der Waals surface area contributed by atoms with Gasteiger partial charge in [-0.05, 0) is 51.6 Å². The summed E-state index contributed by atoms with van der Waals surface area (Å²) in [6.45, 7) is 4.43. The molecule has 33 heavy (non-hydrogen) atoms. The lowest BCUT2D eigenvalue weighted by Crippen LogP contribution is -1.91. The third-order valence-corrected chi connectivity index (χ3v) is 6.41. The van der Waals surface area contributed by atoms with Crippen LogP contribution in [0.25, 0.3) is 43.8 Å². The summed E-state index contributed by atoms with van der Waals surface area (Å²) in [6, 6.07) is 36.3. The summed E-state index contributed by atoms with van der Waals surface area (Å²) < 4.78 is 6.59. The van der Waals surface area contributed by atoms with E-state index >= 15 is 0 Å². The Hall–Kier alpha value is -4.04. The van der Waals surface area contributed by atoms with Gasteiger partial charge in [-0.15, -0.1) is 0 Å². The third-order valence-electron chi connectivity index (χ3n) is 6.41. The first kappa shape index (κ1) is 19.6. The number of benzene rings is 5. The molecule has 2 nitrogen and oxygen atoms in total.